The molecule has 0 aromatic heterocycles. The van der Waals surface area contributed by atoms with Crippen molar-refractivity contribution < 1.29 is 9.47 Å². The average Bonchev–Trinajstić information content (AvgIpc) is 2.71. The number of hydrogen-bond donors (Lipinski definition) is 2. The van der Waals surface area contributed by atoms with Gasteiger partial charge >= 0.3 is 0 Å². The van der Waals surface area contributed by atoms with Crippen LogP contribution in [0.5, 0.6) is 11.5 Å². The van der Waals surface area contributed by atoms with Crippen LogP contribution in [0.2, 0.25) is 0 Å². The summed E-state index contributed by atoms with van der Waals surface area (Å²) in [5, 5.41) is 6.81. The highest BCUT2D eigenvalue weighted by molar-refractivity contribution is 5.79. The first-order valence-electron chi connectivity index (χ1n) is 10.2. The maximum Gasteiger partial charge on any atom is 0.191 e. The quantitative estimate of drug-likeness (QED) is 0.512. The first kappa shape index (κ1) is 21.4. The van der Waals surface area contributed by atoms with Gasteiger partial charge in [-0.05, 0) is 50.4 Å². The Hall–Kier alpha value is -1.95. The van der Waals surface area contributed by atoms with Gasteiger partial charge in [0.25, 0.3) is 0 Å². The highest BCUT2D eigenvalue weighted by atomic mass is 16.5. The second-order valence-electron chi connectivity index (χ2n) is 6.86. The Balaban J connectivity index is 1.80. The van der Waals surface area contributed by atoms with Crippen molar-refractivity contribution in [1.29, 1.82) is 0 Å². The first-order chi connectivity index (χ1) is 13.2. The van der Waals surface area contributed by atoms with Crippen LogP contribution >= 0.6 is 0 Å². The Bertz CT molecular complexity index is 592. The molecule has 0 bridgehead atoms. The van der Waals surface area contributed by atoms with Gasteiger partial charge < -0.3 is 20.1 Å². The van der Waals surface area contributed by atoms with E-state index in [2.05, 4.69) is 27.4 Å². The molecular weight excluding hydrogens is 340 g/mol. The molecule has 0 saturated carbocycles. The number of ether oxygens (including phenoxy) is 2. The first-order valence-corrected chi connectivity index (χ1v) is 10.2. The molecule has 0 spiro atoms. The van der Waals surface area contributed by atoms with Crippen molar-refractivity contribution in [1.82, 2.24) is 15.5 Å². The number of nitrogens with one attached hydrogen (secondary N) is 2. The van der Waals surface area contributed by atoms with Gasteiger partial charge in [0.2, 0.25) is 0 Å². The van der Waals surface area contributed by atoms with Gasteiger partial charge in [-0.3, -0.25) is 9.89 Å². The zero-order chi connectivity index (χ0) is 19.5. The van der Waals surface area contributed by atoms with Crippen molar-refractivity contribution in [3.63, 3.8) is 0 Å². The lowest BCUT2D eigenvalue weighted by atomic mass is 10.0. The summed E-state index contributed by atoms with van der Waals surface area (Å²) < 4.78 is 11.0. The van der Waals surface area contributed by atoms with Crippen LogP contribution in [-0.2, 0) is 6.54 Å². The molecule has 1 saturated heterocycles. The van der Waals surface area contributed by atoms with E-state index in [1.807, 2.05) is 32.2 Å². The Morgan fingerprint density at radius 2 is 2.07 bits per heavy atom. The van der Waals surface area contributed by atoms with Crippen LogP contribution in [-0.4, -0.2) is 57.3 Å². The van der Waals surface area contributed by atoms with Crippen LogP contribution in [0, 0.1) is 0 Å². The molecule has 0 amide bonds. The van der Waals surface area contributed by atoms with Crippen LogP contribution < -0.4 is 20.1 Å². The minimum atomic E-state index is 0.617. The second kappa shape index (κ2) is 11.7. The Kier molecular flexibility index (Phi) is 9.25. The Morgan fingerprint density at radius 3 is 2.78 bits per heavy atom. The molecule has 1 aliphatic rings. The zero-order valence-electron chi connectivity index (χ0n) is 17.4. The minimum Gasteiger partial charge on any atom is -0.493 e. The fraction of sp³-hybridized carbons (Fsp3) is 0.667. The van der Waals surface area contributed by atoms with E-state index in [-0.39, 0.29) is 0 Å². The number of rotatable bonds is 9. The molecule has 2 rings (SSSR count). The standard InChI is InChI=1S/C21H36N4O2/c1-5-18-9-7-8-13-25(18)14-12-23-21(22-3)24-16-17-10-11-19(26-4)20(15-17)27-6-2/h10-11,15,18H,5-9,12-14,16H2,1-4H3,(H2,22,23,24). The smallest absolute Gasteiger partial charge is 0.191 e. The van der Waals surface area contributed by atoms with Crippen molar-refractivity contribution in [3.05, 3.63) is 23.8 Å². The Labute approximate surface area is 164 Å². The van der Waals surface area contributed by atoms with E-state index in [0.717, 1.165) is 42.2 Å². The summed E-state index contributed by atoms with van der Waals surface area (Å²) in [6, 6.07) is 6.75. The van der Waals surface area contributed by atoms with Gasteiger partial charge in [0.15, 0.2) is 17.5 Å². The summed E-state index contributed by atoms with van der Waals surface area (Å²) >= 11 is 0. The number of hydrogen-bond acceptors (Lipinski definition) is 4. The Morgan fingerprint density at radius 1 is 1.22 bits per heavy atom. The minimum absolute atomic E-state index is 0.617. The second-order valence-corrected chi connectivity index (χ2v) is 6.86. The number of guanidine groups is 1. The lowest BCUT2D eigenvalue weighted by Crippen LogP contribution is -2.45. The van der Waals surface area contributed by atoms with Crippen molar-refractivity contribution >= 4 is 5.96 Å². The molecule has 1 aromatic carbocycles. The van der Waals surface area contributed by atoms with Crippen LogP contribution in [0.4, 0.5) is 0 Å². The van der Waals surface area contributed by atoms with Crippen LogP contribution in [0.1, 0.15) is 45.1 Å². The van der Waals surface area contributed by atoms with E-state index in [1.54, 1.807) is 7.11 Å². The van der Waals surface area contributed by atoms with Crippen LogP contribution in [0.25, 0.3) is 0 Å². The van der Waals surface area contributed by atoms with Crippen molar-refractivity contribution in [2.75, 3.05) is 40.4 Å². The zero-order valence-corrected chi connectivity index (χ0v) is 17.4. The van der Waals surface area contributed by atoms with Gasteiger partial charge in [-0.25, -0.2) is 0 Å². The monoisotopic (exact) mass is 376 g/mol. The third-order valence-electron chi connectivity index (χ3n) is 5.12. The molecule has 1 fully saturated rings. The number of benzene rings is 1. The summed E-state index contributed by atoms with van der Waals surface area (Å²) in [4.78, 5) is 6.95. The summed E-state index contributed by atoms with van der Waals surface area (Å²) in [5.41, 5.74) is 1.13. The third-order valence-corrected chi connectivity index (χ3v) is 5.12. The van der Waals surface area contributed by atoms with Crippen molar-refractivity contribution in [3.8, 4) is 11.5 Å². The van der Waals surface area contributed by atoms with Gasteiger partial charge in [0.1, 0.15) is 0 Å². The van der Waals surface area contributed by atoms with Crippen molar-refractivity contribution in [2.24, 2.45) is 4.99 Å². The van der Waals surface area contributed by atoms with E-state index >= 15 is 0 Å². The fourth-order valence-corrected chi connectivity index (χ4v) is 3.64. The lowest BCUT2D eigenvalue weighted by Gasteiger charge is -2.35. The van der Waals surface area contributed by atoms with Gasteiger partial charge in [0.05, 0.1) is 13.7 Å². The number of likely N-dealkylation sites (tertiary alicyclic amines) is 1. The van der Waals surface area contributed by atoms with Gasteiger partial charge in [-0.15, -0.1) is 0 Å². The molecule has 1 aliphatic heterocycles. The van der Waals surface area contributed by atoms with Crippen molar-refractivity contribution in [2.45, 2.75) is 52.1 Å². The molecule has 2 N–H and O–H groups in total. The largest absolute Gasteiger partial charge is 0.493 e. The molecule has 152 valence electrons. The highest BCUT2D eigenvalue weighted by Gasteiger charge is 2.19. The van der Waals surface area contributed by atoms with E-state index in [4.69, 9.17) is 9.47 Å². The molecule has 0 aliphatic carbocycles. The predicted molar refractivity (Wildman–Crippen MR) is 112 cm³/mol. The van der Waals surface area contributed by atoms with Gasteiger partial charge in [-0.2, -0.15) is 0 Å². The molecule has 6 nitrogen and oxygen atoms in total. The normalized spacial score (nSPS) is 18.2. The predicted octanol–water partition coefficient (Wildman–Crippen LogP) is 3.02. The van der Waals surface area contributed by atoms with Crippen LogP contribution in [0.3, 0.4) is 0 Å². The highest BCUT2D eigenvalue weighted by Crippen LogP contribution is 2.28. The molecule has 27 heavy (non-hydrogen) atoms. The molecule has 1 heterocycles. The molecule has 1 unspecified atom stereocenters. The lowest BCUT2D eigenvalue weighted by molar-refractivity contribution is 0.147. The third kappa shape index (κ3) is 6.61. The summed E-state index contributed by atoms with van der Waals surface area (Å²) in [6.45, 7) is 8.76. The molecular formula is C21H36N4O2. The number of methoxy groups -OCH3 is 1. The van der Waals surface area contributed by atoms with E-state index in [0.29, 0.717) is 13.2 Å². The number of piperidine rings is 1. The van der Waals surface area contributed by atoms with Crippen LogP contribution in [0.15, 0.2) is 23.2 Å². The topological polar surface area (TPSA) is 58.1 Å². The molecule has 0 radical (unpaired) electrons. The van der Waals surface area contributed by atoms with E-state index in [9.17, 15) is 0 Å². The van der Waals surface area contributed by atoms with Gasteiger partial charge in [-0.1, -0.05) is 19.4 Å². The number of nitrogens with zero attached hydrogens (tertiary/aromatic N) is 2. The summed E-state index contributed by atoms with van der Waals surface area (Å²) in [7, 11) is 3.47. The average molecular weight is 377 g/mol. The molecule has 1 aromatic rings. The summed E-state index contributed by atoms with van der Waals surface area (Å²) in [6.07, 6.45) is 5.27. The molecule has 1 atom stereocenters. The maximum atomic E-state index is 5.65. The van der Waals surface area contributed by atoms with Gasteiger partial charge in [0, 0.05) is 32.7 Å². The number of aliphatic imine (C=N–C) groups is 1. The fourth-order valence-electron chi connectivity index (χ4n) is 3.64. The maximum absolute atomic E-state index is 5.65. The summed E-state index contributed by atoms with van der Waals surface area (Å²) in [5.74, 6) is 2.36. The van der Waals surface area contributed by atoms with E-state index in [1.165, 1.54) is 32.2 Å². The SMILES string of the molecule is CCOc1cc(CNC(=NC)NCCN2CCCCC2CC)ccc1OC. The molecule has 6 heteroatoms. The van der Waals surface area contributed by atoms with E-state index < -0.39 is 0 Å².